The summed E-state index contributed by atoms with van der Waals surface area (Å²) in [7, 11) is -1.77. The Morgan fingerprint density at radius 1 is 1.32 bits per heavy atom. The molecule has 1 aromatic rings. The highest BCUT2D eigenvalue weighted by Gasteiger charge is 2.35. The number of nitrogens with two attached hydrogens (primary N) is 1. The van der Waals surface area contributed by atoms with Crippen LogP contribution in [-0.2, 0) is 15.3 Å². The maximum atomic E-state index is 11.7. The summed E-state index contributed by atoms with van der Waals surface area (Å²) in [6.07, 6.45) is 5.66. The van der Waals surface area contributed by atoms with E-state index < -0.39 is 9.84 Å². The zero-order valence-corrected chi connectivity index (χ0v) is 12.3. The number of methoxy groups -OCH3 is 1. The first kappa shape index (κ1) is 14.3. The molecule has 1 saturated carbocycles. The zero-order chi connectivity index (χ0) is 14.1. The van der Waals surface area contributed by atoms with Crippen LogP contribution in [0.15, 0.2) is 23.1 Å². The highest BCUT2D eigenvalue weighted by Crippen LogP contribution is 2.42. The van der Waals surface area contributed by atoms with Crippen molar-refractivity contribution in [2.75, 3.05) is 19.9 Å². The maximum absolute atomic E-state index is 11.7. The smallest absolute Gasteiger partial charge is 0.179 e. The molecule has 106 valence electrons. The normalized spacial score (nSPS) is 18.5. The molecule has 5 heteroatoms. The van der Waals surface area contributed by atoms with Gasteiger partial charge >= 0.3 is 0 Å². The molecule has 1 aliphatic rings. The average Bonchev–Trinajstić information content (AvgIpc) is 2.87. The molecule has 19 heavy (non-hydrogen) atoms. The molecule has 4 nitrogen and oxygen atoms in total. The lowest BCUT2D eigenvalue weighted by Crippen LogP contribution is -2.32. The molecule has 0 spiro atoms. The number of hydrogen-bond acceptors (Lipinski definition) is 4. The topological polar surface area (TPSA) is 69.4 Å². The van der Waals surface area contributed by atoms with Gasteiger partial charge in [0, 0.05) is 18.2 Å². The van der Waals surface area contributed by atoms with Crippen molar-refractivity contribution < 1.29 is 13.2 Å². The predicted octanol–water partition coefficient (Wildman–Crippen LogP) is 1.87. The van der Waals surface area contributed by atoms with Crippen molar-refractivity contribution in [3.63, 3.8) is 0 Å². The summed E-state index contributed by atoms with van der Waals surface area (Å²) < 4.78 is 28.6. The third kappa shape index (κ3) is 2.62. The Kier molecular flexibility index (Phi) is 3.87. The molecule has 0 atom stereocenters. The quantitative estimate of drug-likeness (QED) is 0.916. The summed E-state index contributed by atoms with van der Waals surface area (Å²) in [4.78, 5) is 0.240. The van der Waals surface area contributed by atoms with Gasteiger partial charge in [-0.05, 0) is 30.5 Å². The summed E-state index contributed by atoms with van der Waals surface area (Å²) >= 11 is 0. The first-order valence-corrected chi connectivity index (χ1v) is 8.41. The molecule has 2 N–H and O–H groups in total. The van der Waals surface area contributed by atoms with Crippen molar-refractivity contribution in [1.29, 1.82) is 0 Å². The van der Waals surface area contributed by atoms with Crippen molar-refractivity contribution >= 4 is 9.84 Å². The molecule has 0 saturated heterocycles. The fourth-order valence-electron chi connectivity index (χ4n) is 2.97. The van der Waals surface area contributed by atoms with Gasteiger partial charge in [-0.2, -0.15) is 0 Å². The summed E-state index contributed by atoms with van der Waals surface area (Å²) in [5, 5.41) is 0. The van der Waals surface area contributed by atoms with Crippen molar-refractivity contribution in [1.82, 2.24) is 0 Å². The summed E-state index contributed by atoms with van der Waals surface area (Å²) in [6, 6.07) is 5.37. The molecule has 2 rings (SSSR count). The van der Waals surface area contributed by atoms with Gasteiger partial charge in [0.1, 0.15) is 10.6 Å². The van der Waals surface area contributed by atoms with Crippen LogP contribution >= 0.6 is 0 Å². The van der Waals surface area contributed by atoms with Crippen LogP contribution in [0.4, 0.5) is 0 Å². The van der Waals surface area contributed by atoms with Gasteiger partial charge in [0.2, 0.25) is 0 Å². The van der Waals surface area contributed by atoms with E-state index in [9.17, 15) is 8.42 Å². The van der Waals surface area contributed by atoms with E-state index in [0.29, 0.717) is 12.3 Å². The molecular weight excluding hydrogens is 262 g/mol. The summed E-state index contributed by atoms with van der Waals surface area (Å²) in [6.45, 7) is 0.592. The fourth-order valence-corrected chi connectivity index (χ4v) is 3.79. The van der Waals surface area contributed by atoms with Gasteiger partial charge in [0.05, 0.1) is 7.11 Å². The average molecular weight is 283 g/mol. The number of benzene rings is 1. The fraction of sp³-hybridized carbons (Fsp3) is 0.571. The van der Waals surface area contributed by atoms with Crippen molar-refractivity contribution in [2.45, 2.75) is 36.0 Å². The van der Waals surface area contributed by atoms with Crippen LogP contribution in [0.1, 0.15) is 31.2 Å². The molecule has 1 aliphatic carbocycles. The highest BCUT2D eigenvalue weighted by molar-refractivity contribution is 7.90. The van der Waals surface area contributed by atoms with E-state index in [1.807, 2.05) is 12.1 Å². The number of hydrogen-bond donors (Lipinski definition) is 1. The van der Waals surface area contributed by atoms with Gasteiger partial charge < -0.3 is 10.5 Å². The zero-order valence-electron chi connectivity index (χ0n) is 11.5. The molecule has 0 amide bonds. The minimum atomic E-state index is -3.27. The first-order valence-electron chi connectivity index (χ1n) is 6.52. The lowest BCUT2D eigenvalue weighted by atomic mass is 9.79. The van der Waals surface area contributed by atoms with Crippen LogP contribution in [0.5, 0.6) is 5.75 Å². The second kappa shape index (κ2) is 5.13. The molecule has 1 fully saturated rings. The Balaban J connectivity index is 2.50. The summed E-state index contributed by atoms with van der Waals surface area (Å²) in [5.41, 5.74) is 7.04. The van der Waals surface area contributed by atoms with E-state index in [4.69, 9.17) is 10.5 Å². The number of sulfone groups is 1. The first-order chi connectivity index (χ1) is 8.93. The van der Waals surface area contributed by atoms with E-state index in [-0.39, 0.29) is 10.3 Å². The maximum Gasteiger partial charge on any atom is 0.179 e. The van der Waals surface area contributed by atoms with Crippen LogP contribution in [0.3, 0.4) is 0 Å². The Morgan fingerprint density at radius 3 is 2.42 bits per heavy atom. The van der Waals surface area contributed by atoms with Crippen LogP contribution < -0.4 is 10.5 Å². The van der Waals surface area contributed by atoms with Crippen LogP contribution in [0.2, 0.25) is 0 Å². The van der Waals surface area contributed by atoms with Gasteiger partial charge in [0.25, 0.3) is 0 Å². The summed E-state index contributed by atoms with van der Waals surface area (Å²) in [5.74, 6) is 0.416. The third-order valence-electron chi connectivity index (χ3n) is 4.13. The largest absolute Gasteiger partial charge is 0.495 e. The third-order valence-corrected chi connectivity index (χ3v) is 5.26. The Morgan fingerprint density at radius 2 is 1.95 bits per heavy atom. The predicted molar refractivity (Wildman–Crippen MR) is 75.3 cm³/mol. The van der Waals surface area contributed by atoms with Crippen LogP contribution in [0.25, 0.3) is 0 Å². The number of ether oxygens (including phenoxy) is 1. The van der Waals surface area contributed by atoms with E-state index in [0.717, 1.165) is 18.4 Å². The van der Waals surface area contributed by atoms with Gasteiger partial charge in [0.15, 0.2) is 9.84 Å². The Labute approximate surface area is 114 Å². The second-order valence-corrected chi connectivity index (χ2v) is 7.31. The van der Waals surface area contributed by atoms with E-state index in [1.54, 1.807) is 6.07 Å². The molecule has 0 heterocycles. The minimum absolute atomic E-state index is 0.0106. The van der Waals surface area contributed by atoms with Gasteiger partial charge in [-0.3, -0.25) is 0 Å². The lowest BCUT2D eigenvalue weighted by molar-refractivity contribution is 0.396. The number of rotatable bonds is 4. The molecule has 0 aliphatic heterocycles. The lowest BCUT2D eigenvalue weighted by Gasteiger charge is -2.28. The molecule has 0 aromatic heterocycles. The van der Waals surface area contributed by atoms with Gasteiger partial charge in [-0.1, -0.05) is 18.9 Å². The van der Waals surface area contributed by atoms with Gasteiger partial charge in [-0.15, -0.1) is 0 Å². The second-order valence-electron chi connectivity index (χ2n) is 5.33. The Bertz CT molecular complexity index is 560. The monoisotopic (exact) mass is 283 g/mol. The van der Waals surface area contributed by atoms with Crippen molar-refractivity contribution in [3.05, 3.63) is 23.8 Å². The molecular formula is C14H21NO3S. The van der Waals surface area contributed by atoms with Crippen molar-refractivity contribution in [3.8, 4) is 5.75 Å². The SMILES string of the molecule is COc1cc(C2(CN)CCCC2)ccc1S(C)(=O)=O. The highest BCUT2D eigenvalue weighted by atomic mass is 32.2. The molecule has 0 unspecified atom stereocenters. The van der Waals surface area contributed by atoms with E-state index >= 15 is 0 Å². The molecule has 0 radical (unpaired) electrons. The van der Waals surface area contributed by atoms with E-state index in [1.165, 1.54) is 26.2 Å². The molecule has 1 aromatic carbocycles. The van der Waals surface area contributed by atoms with E-state index in [2.05, 4.69) is 0 Å². The van der Waals surface area contributed by atoms with Gasteiger partial charge in [-0.25, -0.2) is 8.42 Å². The minimum Gasteiger partial charge on any atom is -0.495 e. The molecule has 0 bridgehead atoms. The van der Waals surface area contributed by atoms with Crippen LogP contribution in [0, 0.1) is 0 Å². The Hall–Kier alpha value is -1.07. The van der Waals surface area contributed by atoms with Crippen molar-refractivity contribution in [2.24, 2.45) is 5.73 Å². The van der Waals surface area contributed by atoms with Crippen LogP contribution in [-0.4, -0.2) is 28.3 Å². The standard InChI is InChI=1S/C14H21NO3S/c1-18-12-9-11(5-6-13(12)19(2,16)17)14(10-15)7-3-4-8-14/h5-6,9H,3-4,7-8,10,15H2,1-2H3.